The van der Waals surface area contributed by atoms with Gasteiger partial charge in [0.2, 0.25) is 12.6 Å². The normalized spacial score (nSPS) is 13.9. The largest absolute Gasteiger partial charge is 0.493 e. The standard InChI is InChI=1S/C32H29N5O6/c1-2-20-12-27-28(43-17-42-27)13-22(20)15-37-26-9-8-23(41-16-18-6-7-18)14-24(26)30(38)25(29(37)32(39)40)11-19-4-3-5-21(10-19)31-33-35-36-34-31/h3-5,8-10,12-14,18H,2,6-7,11,15-17H2,1H3,(H,39,40)(H,33,34,35,36). The number of carboxylic acids is 1. The lowest BCUT2D eigenvalue weighted by molar-refractivity contribution is 0.0684. The molecule has 1 fully saturated rings. The highest BCUT2D eigenvalue weighted by molar-refractivity contribution is 5.93. The van der Waals surface area contributed by atoms with Crippen molar-refractivity contribution in [1.29, 1.82) is 0 Å². The fourth-order valence-electron chi connectivity index (χ4n) is 5.63. The Morgan fingerprint density at radius 1 is 1.09 bits per heavy atom. The van der Waals surface area contributed by atoms with Crippen LogP contribution in [0.1, 0.15) is 52.5 Å². The highest BCUT2D eigenvalue weighted by Gasteiger charge is 2.26. The lowest BCUT2D eigenvalue weighted by Gasteiger charge is -2.20. The van der Waals surface area contributed by atoms with Crippen molar-refractivity contribution in [3.8, 4) is 28.6 Å². The van der Waals surface area contributed by atoms with Gasteiger partial charge in [-0.2, -0.15) is 5.21 Å². The number of nitrogens with zero attached hydrogens (tertiary/aromatic N) is 4. The van der Waals surface area contributed by atoms with Gasteiger partial charge in [0.25, 0.3) is 0 Å². The minimum Gasteiger partial charge on any atom is -0.493 e. The van der Waals surface area contributed by atoms with Crippen LogP contribution in [0.5, 0.6) is 17.2 Å². The van der Waals surface area contributed by atoms with Crippen molar-refractivity contribution in [2.45, 2.75) is 39.2 Å². The third kappa shape index (κ3) is 5.18. The number of hydrogen-bond acceptors (Lipinski definition) is 8. The molecule has 2 N–H and O–H groups in total. The number of benzene rings is 3. The molecule has 7 rings (SSSR count). The van der Waals surface area contributed by atoms with Crippen LogP contribution in [0, 0.1) is 5.92 Å². The van der Waals surface area contributed by atoms with Crippen LogP contribution < -0.4 is 19.6 Å². The average molecular weight is 580 g/mol. The smallest absolute Gasteiger partial charge is 0.352 e. The Balaban J connectivity index is 1.40. The fraction of sp³-hybridized carbons (Fsp3) is 0.281. The first-order valence-corrected chi connectivity index (χ1v) is 14.3. The van der Waals surface area contributed by atoms with Crippen LogP contribution in [-0.4, -0.2) is 49.7 Å². The molecule has 0 spiro atoms. The number of ether oxygens (including phenoxy) is 3. The molecule has 3 heterocycles. The summed E-state index contributed by atoms with van der Waals surface area (Å²) in [4.78, 5) is 27.2. The number of tetrazole rings is 1. The Bertz CT molecular complexity index is 1910. The van der Waals surface area contributed by atoms with E-state index in [0.717, 1.165) is 29.5 Å². The van der Waals surface area contributed by atoms with E-state index in [-0.39, 0.29) is 36.4 Å². The third-order valence-electron chi connectivity index (χ3n) is 8.03. The van der Waals surface area contributed by atoms with E-state index in [9.17, 15) is 14.7 Å². The van der Waals surface area contributed by atoms with E-state index in [2.05, 4.69) is 20.6 Å². The second-order valence-corrected chi connectivity index (χ2v) is 10.9. The van der Waals surface area contributed by atoms with E-state index in [4.69, 9.17) is 14.2 Å². The summed E-state index contributed by atoms with van der Waals surface area (Å²) in [7, 11) is 0. The van der Waals surface area contributed by atoms with Crippen LogP contribution >= 0.6 is 0 Å². The van der Waals surface area contributed by atoms with Crippen LogP contribution in [0.4, 0.5) is 0 Å². The van der Waals surface area contributed by atoms with Gasteiger partial charge in [-0.05, 0) is 83.5 Å². The van der Waals surface area contributed by atoms with Crippen LogP contribution in [-0.2, 0) is 19.4 Å². The molecule has 43 heavy (non-hydrogen) atoms. The molecule has 1 aliphatic heterocycles. The Labute approximate surface area is 246 Å². The van der Waals surface area contributed by atoms with Gasteiger partial charge in [0.05, 0.1) is 12.1 Å². The zero-order valence-corrected chi connectivity index (χ0v) is 23.5. The van der Waals surface area contributed by atoms with E-state index in [1.54, 1.807) is 22.8 Å². The van der Waals surface area contributed by atoms with Crippen LogP contribution in [0.25, 0.3) is 22.3 Å². The Morgan fingerprint density at radius 2 is 1.91 bits per heavy atom. The highest BCUT2D eigenvalue weighted by Crippen LogP contribution is 2.36. The number of aromatic carboxylic acids is 1. The summed E-state index contributed by atoms with van der Waals surface area (Å²) in [5, 5.41) is 25.2. The Hall–Kier alpha value is -5.19. The first-order chi connectivity index (χ1) is 21.0. The summed E-state index contributed by atoms with van der Waals surface area (Å²) in [5.74, 6) is 1.64. The molecule has 1 saturated carbocycles. The second-order valence-electron chi connectivity index (χ2n) is 10.9. The molecule has 0 unspecified atom stereocenters. The molecule has 218 valence electrons. The zero-order valence-electron chi connectivity index (χ0n) is 23.5. The van der Waals surface area contributed by atoms with E-state index >= 15 is 0 Å². The van der Waals surface area contributed by atoms with Gasteiger partial charge in [-0.15, -0.1) is 10.2 Å². The molecule has 2 aromatic heterocycles. The van der Waals surface area contributed by atoms with Crippen molar-refractivity contribution in [1.82, 2.24) is 25.2 Å². The summed E-state index contributed by atoms with van der Waals surface area (Å²) in [6.45, 7) is 2.99. The van der Waals surface area contributed by atoms with E-state index < -0.39 is 5.97 Å². The predicted octanol–water partition coefficient (Wildman–Crippen LogP) is 4.60. The number of pyridine rings is 1. The number of carboxylic acid groups (broad SMARTS) is 1. The number of nitrogens with one attached hydrogen (secondary N) is 1. The van der Waals surface area contributed by atoms with Gasteiger partial charge in [-0.1, -0.05) is 25.1 Å². The summed E-state index contributed by atoms with van der Waals surface area (Å²) in [6, 6.07) is 16.5. The third-order valence-corrected chi connectivity index (χ3v) is 8.03. The number of aromatic amines is 1. The maximum atomic E-state index is 14.1. The van der Waals surface area contributed by atoms with Crippen LogP contribution in [0.15, 0.2) is 59.4 Å². The number of hydrogen-bond donors (Lipinski definition) is 2. The molecule has 0 amide bonds. The topological polar surface area (TPSA) is 141 Å². The number of aromatic nitrogens is 5. The first-order valence-electron chi connectivity index (χ1n) is 14.3. The fourth-order valence-corrected chi connectivity index (χ4v) is 5.63. The molecule has 0 atom stereocenters. The van der Waals surface area contributed by atoms with Crippen molar-refractivity contribution in [3.63, 3.8) is 0 Å². The molecule has 5 aromatic rings. The average Bonchev–Trinajstić information content (AvgIpc) is 3.45. The predicted molar refractivity (Wildman–Crippen MR) is 157 cm³/mol. The minimum absolute atomic E-state index is 0.0613. The molecular weight excluding hydrogens is 550 g/mol. The molecule has 2 aliphatic rings. The number of carbonyl (C=O) groups is 1. The van der Waals surface area contributed by atoms with Crippen molar-refractivity contribution < 1.29 is 24.1 Å². The van der Waals surface area contributed by atoms with Crippen molar-refractivity contribution >= 4 is 16.9 Å². The number of H-pyrrole nitrogens is 1. The SMILES string of the molecule is CCc1cc2c(cc1Cn1c(C(=O)O)c(Cc3cccc(-c4nn[nH]n4)c3)c(=O)c3cc(OCC4CC4)ccc31)OCO2. The molecule has 0 bridgehead atoms. The summed E-state index contributed by atoms with van der Waals surface area (Å²) >= 11 is 0. The molecule has 11 heteroatoms. The quantitative estimate of drug-likeness (QED) is 0.243. The monoisotopic (exact) mass is 579 g/mol. The van der Waals surface area contributed by atoms with Crippen LogP contribution in [0.3, 0.4) is 0 Å². The Morgan fingerprint density at radius 3 is 2.63 bits per heavy atom. The van der Waals surface area contributed by atoms with Crippen molar-refractivity contribution in [2.75, 3.05) is 13.4 Å². The summed E-state index contributed by atoms with van der Waals surface area (Å²) in [6.07, 6.45) is 3.09. The van der Waals surface area contributed by atoms with Gasteiger partial charge in [0.15, 0.2) is 16.9 Å². The molecule has 0 radical (unpaired) electrons. The highest BCUT2D eigenvalue weighted by atomic mass is 16.7. The van der Waals surface area contributed by atoms with E-state index in [1.807, 2.05) is 43.3 Å². The zero-order chi connectivity index (χ0) is 29.5. The molecule has 3 aromatic carbocycles. The second kappa shape index (κ2) is 10.9. The lowest BCUT2D eigenvalue weighted by Crippen LogP contribution is -2.25. The maximum Gasteiger partial charge on any atom is 0.352 e. The molecule has 1 aliphatic carbocycles. The van der Waals surface area contributed by atoms with Gasteiger partial charge >= 0.3 is 5.97 Å². The van der Waals surface area contributed by atoms with Gasteiger partial charge in [0.1, 0.15) is 11.4 Å². The first kappa shape index (κ1) is 26.7. The molecular formula is C32H29N5O6. The van der Waals surface area contributed by atoms with Crippen LogP contribution in [0.2, 0.25) is 0 Å². The minimum atomic E-state index is -1.18. The maximum absolute atomic E-state index is 14.1. The number of rotatable bonds is 10. The van der Waals surface area contributed by atoms with Gasteiger partial charge in [-0.3, -0.25) is 4.79 Å². The summed E-state index contributed by atoms with van der Waals surface area (Å²) in [5.41, 5.74) is 3.64. The Kier molecular flexibility index (Phi) is 6.77. The van der Waals surface area contributed by atoms with Gasteiger partial charge in [-0.25, -0.2) is 4.79 Å². The van der Waals surface area contributed by atoms with Crippen molar-refractivity contribution in [3.05, 3.63) is 92.8 Å². The molecule has 0 saturated heterocycles. The molecule has 11 nitrogen and oxygen atoms in total. The number of aryl methyl sites for hydroxylation is 1. The summed E-state index contributed by atoms with van der Waals surface area (Å²) < 4.78 is 19.0. The lowest BCUT2D eigenvalue weighted by atomic mass is 9.97. The van der Waals surface area contributed by atoms with Gasteiger partial charge in [0, 0.05) is 29.5 Å². The number of fused-ring (bicyclic) bond motifs is 2. The van der Waals surface area contributed by atoms with Gasteiger partial charge < -0.3 is 23.9 Å². The van der Waals surface area contributed by atoms with Crippen molar-refractivity contribution in [2.24, 2.45) is 5.92 Å². The van der Waals surface area contributed by atoms with E-state index in [1.165, 1.54) is 0 Å². The van der Waals surface area contributed by atoms with E-state index in [0.29, 0.717) is 58.5 Å².